The number of Topliss-reactive ketones (excluding diaryl/α,β-unsaturated/α-hetero) is 1. The zero-order valence-corrected chi connectivity index (χ0v) is 16.5. The van der Waals surface area contributed by atoms with E-state index in [0.29, 0.717) is 6.42 Å². The van der Waals surface area contributed by atoms with Crippen molar-refractivity contribution in [1.82, 2.24) is 4.98 Å². The Balaban J connectivity index is 1.83. The molecule has 0 saturated heterocycles. The number of fused-ring (bicyclic) bond motifs is 4. The number of anilines is 1. The molecule has 140 valence electrons. The first-order chi connectivity index (χ1) is 13.4. The average molecular weight is 368 g/mol. The standard InChI is InChI=1S/C25H24N2O/c1-15-7-4-5-8-16(15)24-23-18(13-25(2,3)14-21(23)28)22-17-9-6-12-26-19(17)10-11-20(22)27-24/h4-12,24,27H,13-14H2,1-3H3. The molecule has 1 aliphatic carbocycles. The predicted octanol–water partition coefficient (Wildman–Crippen LogP) is 5.85. The minimum absolute atomic E-state index is 0.0365. The molecule has 1 N–H and O–H groups in total. The van der Waals surface area contributed by atoms with Crippen molar-refractivity contribution in [3.63, 3.8) is 0 Å². The molecule has 5 rings (SSSR count). The number of nitrogens with zero attached hydrogens (tertiary/aromatic N) is 1. The number of hydrogen-bond acceptors (Lipinski definition) is 3. The molecule has 3 heteroatoms. The van der Waals surface area contributed by atoms with Crippen molar-refractivity contribution in [1.29, 1.82) is 0 Å². The maximum atomic E-state index is 13.4. The largest absolute Gasteiger partial charge is 0.373 e. The lowest BCUT2D eigenvalue weighted by molar-refractivity contribution is -0.118. The van der Waals surface area contributed by atoms with E-state index >= 15 is 0 Å². The van der Waals surface area contributed by atoms with Gasteiger partial charge in [-0.3, -0.25) is 9.78 Å². The third-order valence-corrected chi connectivity index (χ3v) is 6.09. The van der Waals surface area contributed by atoms with Crippen LogP contribution in [0.15, 0.2) is 60.3 Å². The number of pyridine rings is 1. The molecule has 2 aliphatic rings. The molecule has 0 fully saturated rings. The third-order valence-electron chi connectivity index (χ3n) is 6.09. The Hall–Kier alpha value is -2.94. The van der Waals surface area contributed by atoms with Crippen LogP contribution in [0.4, 0.5) is 5.69 Å². The second kappa shape index (κ2) is 6.03. The number of ketones is 1. The molecule has 0 bridgehead atoms. The van der Waals surface area contributed by atoms with Crippen molar-refractivity contribution in [2.24, 2.45) is 5.41 Å². The summed E-state index contributed by atoms with van der Waals surface area (Å²) in [7, 11) is 0. The molecule has 28 heavy (non-hydrogen) atoms. The van der Waals surface area contributed by atoms with E-state index in [4.69, 9.17) is 0 Å². The highest BCUT2D eigenvalue weighted by atomic mass is 16.1. The molecule has 1 aliphatic heterocycles. The fraction of sp³-hybridized carbons (Fsp3) is 0.280. The quantitative estimate of drug-likeness (QED) is 0.585. The van der Waals surface area contributed by atoms with Gasteiger partial charge in [-0.05, 0) is 53.7 Å². The second-order valence-electron chi connectivity index (χ2n) is 8.83. The Kier molecular flexibility index (Phi) is 3.70. The molecule has 3 nitrogen and oxygen atoms in total. The first-order valence-corrected chi connectivity index (χ1v) is 9.91. The monoisotopic (exact) mass is 368 g/mol. The van der Waals surface area contributed by atoms with Crippen LogP contribution in [0.5, 0.6) is 0 Å². The van der Waals surface area contributed by atoms with Crippen LogP contribution < -0.4 is 5.32 Å². The van der Waals surface area contributed by atoms with E-state index in [1.165, 1.54) is 16.7 Å². The van der Waals surface area contributed by atoms with Crippen molar-refractivity contribution >= 4 is 27.9 Å². The number of carbonyl (C=O) groups is 1. The molecule has 1 atom stereocenters. The van der Waals surface area contributed by atoms with Crippen LogP contribution in [0.3, 0.4) is 0 Å². The van der Waals surface area contributed by atoms with Gasteiger partial charge >= 0.3 is 0 Å². The lowest BCUT2D eigenvalue weighted by Gasteiger charge is -2.40. The molecule has 2 aromatic carbocycles. The topological polar surface area (TPSA) is 42.0 Å². The normalized spacial score (nSPS) is 20.5. The summed E-state index contributed by atoms with van der Waals surface area (Å²) < 4.78 is 0. The lowest BCUT2D eigenvalue weighted by Crippen LogP contribution is -2.33. The average Bonchev–Trinajstić information content (AvgIpc) is 2.66. The van der Waals surface area contributed by atoms with E-state index in [-0.39, 0.29) is 17.2 Å². The van der Waals surface area contributed by atoms with Crippen LogP contribution in [0, 0.1) is 12.3 Å². The first kappa shape index (κ1) is 17.2. The zero-order valence-electron chi connectivity index (χ0n) is 16.5. The molecule has 1 unspecified atom stereocenters. The highest BCUT2D eigenvalue weighted by Crippen LogP contribution is 2.52. The van der Waals surface area contributed by atoms with Gasteiger partial charge in [0.05, 0.1) is 11.6 Å². The Morgan fingerprint density at radius 2 is 1.86 bits per heavy atom. The molecule has 2 heterocycles. The van der Waals surface area contributed by atoms with Crippen LogP contribution >= 0.6 is 0 Å². The summed E-state index contributed by atoms with van der Waals surface area (Å²) in [6, 6.07) is 16.5. The number of allylic oxidation sites excluding steroid dienone is 1. The number of aryl methyl sites for hydroxylation is 1. The van der Waals surface area contributed by atoms with Crippen molar-refractivity contribution in [2.45, 2.75) is 39.7 Å². The smallest absolute Gasteiger partial charge is 0.162 e. The molecule has 3 aromatic rings. The van der Waals surface area contributed by atoms with Crippen LogP contribution in [0.25, 0.3) is 16.5 Å². The summed E-state index contributed by atoms with van der Waals surface area (Å²) in [6.07, 6.45) is 3.32. The van der Waals surface area contributed by atoms with E-state index in [9.17, 15) is 4.79 Å². The van der Waals surface area contributed by atoms with Crippen LogP contribution in [-0.4, -0.2) is 10.8 Å². The summed E-state index contributed by atoms with van der Waals surface area (Å²) in [5, 5.41) is 4.82. The Morgan fingerprint density at radius 1 is 1.04 bits per heavy atom. The summed E-state index contributed by atoms with van der Waals surface area (Å²) in [4.78, 5) is 17.9. The van der Waals surface area contributed by atoms with Gasteiger partial charge in [0.1, 0.15) is 0 Å². The Bertz CT molecular complexity index is 1160. The fourth-order valence-corrected chi connectivity index (χ4v) is 4.86. The second-order valence-corrected chi connectivity index (χ2v) is 8.83. The third kappa shape index (κ3) is 2.57. The van der Waals surface area contributed by atoms with E-state index in [2.05, 4.69) is 73.5 Å². The summed E-state index contributed by atoms with van der Waals surface area (Å²) >= 11 is 0. The van der Waals surface area contributed by atoms with Gasteiger partial charge in [-0.15, -0.1) is 0 Å². The predicted molar refractivity (Wildman–Crippen MR) is 114 cm³/mol. The van der Waals surface area contributed by atoms with Gasteiger partial charge in [0.25, 0.3) is 0 Å². The molecular weight excluding hydrogens is 344 g/mol. The van der Waals surface area contributed by atoms with Gasteiger partial charge in [-0.1, -0.05) is 44.2 Å². The number of benzene rings is 2. The van der Waals surface area contributed by atoms with E-state index in [1.54, 1.807) is 0 Å². The maximum Gasteiger partial charge on any atom is 0.162 e. The molecule has 0 saturated carbocycles. The molecule has 0 spiro atoms. The van der Waals surface area contributed by atoms with Crippen molar-refractivity contribution in [2.75, 3.05) is 5.32 Å². The number of nitrogens with one attached hydrogen (secondary N) is 1. The van der Waals surface area contributed by atoms with E-state index in [0.717, 1.165) is 34.1 Å². The summed E-state index contributed by atoms with van der Waals surface area (Å²) in [6.45, 7) is 6.51. The highest BCUT2D eigenvalue weighted by Gasteiger charge is 2.41. The SMILES string of the molecule is Cc1ccccc1C1Nc2ccc3ncccc3c2C2=C1C(=O)CC(C)(C)C2. The Morgan fingerprint density at radius 3 is 2.68 bits per heavy atom. The van der Waals surface area contributed by atoms with E-state index < -0.39 is 0 Å². The lowest BCUT2D eigenvalue weighted by atomic mass is 9.67. The van der Waals surface area contributed by atoms with Crippen LogP contribution in [0.1, 0.15) is 49.4 Å². The first-order valence-electron chi connectivity index (χ1n) is 9.91. The minimum Gasteiger partial charge on any atom is -0.373 e. The minimum atomic E-state index is -0.0959. The van der Waals surface area contributed by atoms with Gasteiger partial charge in [-0.25, -0.2) is 0 Å². The highest BCUT2D eigenvalue weighted by molar-refractivity contribution is 6.12. The molecule has 0 amide bonds. The van der Waals surface area contributed by atoms with Gasteiger partial charge in [-0.2, -0.15) is 0 Å². The van der Waals surface area contributed by atoms with Crippen LogP contribution in [0.2, 0.25) is 0 Å². The number of rotatable bonds is 1. The molecule has 0 radical (unpaired) electrons. The van der Waals surface area contributed by atoms with Gasteiger partial charge in [0.2, 0.25) is 0 Å². The zero-order chi connectivity index (χ0) is 19.5. The molecule has 1 aromatic heterocycles. The molecular formula is C25H24N2O. The number of aromatic nitrogens is 1. The van der Waals surface area contributed by atoms with Crippen molar-refractivity contribution in [3.8, 4) is 0 Å². The summed E-state index contributed by atoms with van der Waals surface area (Å²) in [5.41, 5.74) is 7.71. The number of carbonyl (C=O) groups excluding carboxylic acids is 1. The van der Waals surface area contributed by atoms with E-state index in [1.807, 2.05) is 12.3 Å². The fourth-order valence-electron chi connectivity index (χ4n) is 4.86. The van der Waals surface area contributed by atoms with Gasteiger partial charge in [0, 0.05) is 34.8 Å². The number of hydrogen-bond donors (Lipinski definition) is 1. The van der Waals surface area contributed by atoms with Crippen molar-refractivity contribution in [3.05, 3.63) is 77.0 Å². The maximum absolute atomic E-state index is 13.4. The van der Waals surface area contributed by atoms with Gasteiger partial charge < -0.3 is 5.32 Å². The van der Waals surface area contributed by atoms with Crippen molar-refractivity contribution < 1.29 is 4.79 Å². The summed E-state index contributed by atoms with van der Waals surface area (Å²) in [5.74, 6) is 0.263. The van der Waals surface area contributed by atoms with Crippen LogP contribution in [-0.2, 0) is 4.79 Å². The Labute approximate surface area is 165 Å². The van der Waals surface area contributed by atoms with Gasteiger partial charge in [0.15, 0.2) is 5.78 Å².